The largest absolute Gasteiger partial charge is 0.306 e. The lowest BCUT2D eigenvalue weighted by Crippen LogP contribution is -2.64. The lowest BCUT2D eigenvalue weighted by atomic mass is 9.97. The quantitative estimate of drug-likeness (QED) is 0.721. The summed E-state index contributed by atoms with van der Waals surface area (Å²) in [6.45, 7) is 0.299. The summed E-state index contributed by atoms with van der Waals surface area (Å²) in [6, 6.07) is 7.06. The number of halogens is 1. The molecular formula is C19H25ClN2O3S. The van der Waals surface area contributed by atoms with Crippen molar-refractivity contribution in [1.82, 2.24) is 4.90 Å². The van der Waals surface area contributed by atoms with Crippen LogP contribution in [0.3, 0.4) is 0 Å². The summed E-state index contributed by atoms with van der Waals surface area (Å²) in [5, 5.41) is 0.555. The highest BCUT2D eigenvalue weighted by Gasteiger charge is 2.51. The predicted octanol–water partition coefficient (Wildman–Crippen LogP) is 2.88. The predicted molar refractivity (Wildman–Crippen MR) is 103 cm³/mol. The maximum atomic E-state index is 13.0. The first kappa shape index (κ1) is 18.3. The Hall–Kier alpha value is -1.11. The van der Waals surface area contributed by atoms with Crippen LogP contribution in [0.2, 0.25) is 5.02 Å². The number of fused-ring (bicyclic) bond motifs is 1. The molecule has 4 rings (SSSR count). The van der Waals surface area contributed by atoms with Crippen LogP contribution in [0.15, 0.2) is 24.3 Å². The molecule has 2 saturated heterocycles. The summed E-state index contributed by atoms with van der Waals surface area (Å²) in [5.41, 5.74) is 0.704. The molecule has 0 aromatic heterocycles. The molecule has 0 N–H and O–H groups in total. The minimum absolute atomic E-state index is 0.0186. The molecule has 1 aromatic carbocycles. The van der Waals surface area contributed by atoms with E-state index in [1.807, 2.05) is 6.07 Å². The molecule has 2 heterocycles. The van der Waals surface area contributed by atoms with Gasteiger partial charge in [0.15, 0.2) is 9.84 Å². The van der Waals surface area contributed by atoms with Crippen LogP contribution in [0.4, 0.5) is 5.69 Å². The second-order valence-corrected chi connectivity index (χ2v) is 10.4. The van der Waals surface area contributed by atoms with E-state index in [1.165, 1.54) is 12.8 Å². The van der Waals surface area contributed by atoms with Crippen LogP contribution in [-0.4, -0.2) is 55.4 Å². The highest BCUT2D eigenvalue weighted by Crippen LogP contribution is 2.35. The van der Waals surface area contributed by atoms with Crippen molar-refractivity contribution in [3.8, 4) is 0 Å². The first-order chi connectivity index (χ1) is 12.4. The van der Waals surface area contributed by atoms with Crippen molar-refractivity contribution >= 4 is 33.0 Å². The normalized spacial score (nSPS) is 30.2. The zero-order chi connectivity index (χ0) is 18.3. The monoisotopic (exact) mass is 396 g/mol. The number of nitrogens with zero attached hydrogens (tertiary/aromatic N) is 2. The molecule has 142 valence electrons. The third-order valence-electron chi connectivity index (χ3n) is 6.02. The molecule has 3 fully saturated rings. The number of hydrogen-bond acceptors (Lipinski definition) is 4. The van der Waals surface area contributed by atoms with E-state index >= 15 is 0 Å². The van der Waals surface area contributed by atoms with Gasteiger partial charge in [-0.05, 0) is 31.0 Å². The number of hydrogen-bond donors (Lipinski definition) is 0. The van der Waals surface area contributed by atoms with Crippen LogP contribution >= 0.6 is 11.6 Å². The number of rotatable bonds is 2. The van der Waals surface area contributed by atoms with Gasteiger partial charge in [0.25, 0.3) is 0 Å². The molecule has 0 radical (unpaired) electrons. The Balaban J connectivity index is 1.68. The third kappa shape index (κ3) is 3.51. The van der Waals surface area contributed by atoms with Gasteiger partial charge in [-0.25, -0.2) is 8.42 Å². The molecule has 2 atom stereocenters. The van der Waals surface area contributed by atoms with E-state index in [1.54, 1.807) is 23.1 Å². The number of sulfone groups is 1. The van der Waals surface area contributed by atoms with E-state index in [4.69, 9.17) is 11.6 Å². The van der Waals surface area contributed by atoms with Gasteiger partial charge in [0.2, 0.25) is 5.91 Å². The molecule has 7 heteroatoms. The topological polar surface area (TPSA) is 57.7 Å². The Labute approximate surface area is 160 Å². The lowest BCUT2D eigenvalue weighted by Gasteiger charge is -2.46. The summed E-state index contributed by atoms with van der Waals surface area (Å²) in [7, 11) is -3.15. The van der Waals surface area contributed by atoms with Gasteiger partial charge >= 0.3 is 0 Å². The molecule has 26 heavy (non-hydrogen) atoms. The van der Waals surface area contributed by atoms with Crippen molar-refractivity contribution in [2.75, 3.05) is 23.0 Å². The molecule has 2 aliphatic heterocycles. The molecule has 0 unspecified atom stereocenters. The molecule has 1 saturated carbocycles. The summed E-state index contributed by atoms with van der Waals surface area (Å²) < 4.78 is 24.9. The number of benzene rings is 1. The summed E-state index contributed by atoms with van der Waals surface area (Å²) in [4.78, 5) is 16.9. The summed E-state index contributed by atoms with van der Waals surface area (Å²) >= 11 is 6.11. The Bertz CT molecular complexity index is 790. The zero-order valence-electron chi connectivity index (χ0n) is 14.8. The van der Waals surface area contributed by atoms with Gasteiger partial charge < -0.3 is 4.90 Å². The van der Waals surface area contributed by atoms with Gasteiger partial charge in [-0.2, -0.15) is 0 Å². The molecule has 5 nitrogen and oxygen atoms in total. The maximum Gasteiger partial charge on any atom is 0.241 e. The minimum atomic E-state index is -3.15. The van der Waals surface area contributed by atoms with Gasteiger partial charge in [-0.15, -0.1) is 0 Å². The Kier molecular flexibility index (Phi) is 5.01. The Morgan fingerprint density at radius 3 is 2.38 bits per heavy atom. The van der Waals surface area contributed by atoms with Gasteiger partial charge in [-0.1, -0.05) is 43.4 Å². The first-order valence-corrected chi connectivity index (χ1v) is 11.7. The molecular weight excluding hydrogens is 372 g/mol. The highest BCUT2D eigenvalue weighted by atomic mass is 35.5. The summed E-state index contributed by atoms with van der Waals surface area (Å²) in [5.74, 6) is 0.173. The number of carbonyl (C=O) groups excluding carboxylic acids is 1. The second kappa shape index (κ2) is 7.13. The molecule has 1 aromatic rings. The number of anilines is 1. The Morgan fingerprint density at radius 1 is 1.00 bits per heavy atom. The number of carbonyl (C=O) groups is 1. The summed E-state index contributed by atoms with van der Waals surface area (Å²) in [6.07, 6.45) is 6.93. The molecule has 0 bridgehead atoms. The highest BCUT2D eigenvalue weighted by molar-refractivity contribution is 7.91. The van der Waals surface area contributed by atoms with Gasteiger partial charge in [0, 0.05) is 22.8 Å². The lowest BCUT2D eigenvalue weighted by molar-refractivity contribution is -0.124. The van der Waals surface area contributed by atoms with Gasteiger partial charge in [0.05, 0.1) is 24.1 Å². The SMILES string of the molecule is O=C1CN(C2CCCCCC2)[C@H]2CS(=O)(=O)C[C@@H]2N1c1cccc(Cl)c1. The van der Waals surface area contributed by atoms with E-state index in [9.17, 15) is 13.2 Å². The zero-order valence-corrected chi connectivity index (χ0v) is 16.4. The molecule has 3 aliphatic rings. The van der Waals surface area contributed by atoms with Crippen molar-refractivity contribution in [2.45, 2.75) is 56.7 Å². The fourth-order valence-corrected chi connectivity index (χ4v) is 7.01. The first-order valence-electron chi connectivity index (χ1n) is 9.48. The van der Waals surface area contributed by atoms with Crippen LogP contribution in [-0.2, 0) is 14.6 Å². The van der Waals surface area contributed by atoms with E-state index < -0.39 is 9.84 Å². The van der Waals surface area contributed by atoms with Crippen molar-refractivity contribution in [3.63, 3.8) is 0 Å². The van der Waals surface area contributed by atoms with Crippen LogP contribution in [0, 0.1) is 0 Å². The van der Waals surface area contributed by atoms with Crippen molar-refractivity contribution in [1.29, 1.82) is 0 Å². The molecule has 1 amide bonds. The van der Waals surface area contributed by atoms with Gasteiger partial charge in [0.1, 0.15) is 0 Å². The number of amides is 1. The van der Waals surface area contributed by atoms with E-state index in [0.717, 1.165) is 25.7 Å². The van der Waals surface area contributed by atoms with Crippen LogP contribution in [0.5, 0.6) is 0 Å². The van der Waals surface area contributed by atoms with E-state index in [2.05, 4.69) is 4.90 Å². The Morgan fingerprint density at radius 2 is 1.69 bits per heavy atom. The van der Waals surface area contributed by atoms with E-state index in [-0.39, 0.29) is 29.5 Å². The van der Waals surface area contributed by atoms with Crippen molar-refractivity contribution in [2.24, 2.45) is 0 Å². The average Bonchev–Trinajstić information content (AvgIpc) is 2.75. The molecule has 0 spiro atoms. The minimum Gasteiger partial charge on any atom is -0.306 e. The van der Waals surface area contributed by atoms with Crippen LogP contribution < -0.4 is 4.90 Å². The third-order valence-corrected chi connectivity index (χ3v) is 7.95. The van der Waals surface area contributed by atoms with Crippen LogP contribution in [0.1, 0.15) is 38.5 Å². The van der Waals surface area contributed by atoms with Crippen LogP contribution in [0.25, 0.3) is 0 Å². The average molecular weight is 397 g/mol. The van der Waals surface area contributed by atoms with Gasteiger partial charge in [-0.3, -0.25) is 9.69 Å². The maximum absolute atomic E-state index is 13.0. The fraction of sp³-hybridized carbons (Fsp3) is 0.632. The van der Waals surface area contributed by atoms with Crippen molar-refractivity contribution < 1.29 is 13.2 Å². The number of piperazine rings is 1. The van der Waals surface area contributed by atoms with Crippen molar-refractivity contribution in [3.05, 3.63) is 29.3 Å². The standard InChI is InChI=1S/C19H25ClN2O3S/c20-14-6-5-9-16(10-14)22-18-13-26(24,25)12-17(18)21(11-19(22)23)15-7-3-1-2-4-8-15/h5-6,9-10,15,17-18H,1-4,7-8,11-13H2/t17-,18-/m0/s1. The molecule has 1 aliphatic carbocycles. The second-order valence-electron chi connectivity index (χ2n) is 7.77. The smallest absolute Gasteiger partial charge is 0.241 e. The fourth-order valence-electron chi connectivity index (χ4n) is 4.86. The van der Waals surface area contributed by atoms with E-state index in [0.29, 0.717) is 23.3 Å².